The molecule has 1 heterocycles. The van der Waals surface area contributed by atoms with Crippen molar-refractivity contribution in [1.29, 1.82) is 0 Å². The first-order valence-corrected chi connectivity index (χ1v) is 14.0. The van der Waals surface area contributed by atoms with Crippen LogP contribution in [0.15, 0.2) is 127 Å². The van der Waals surface area contributed by atoms with Crippen molar-refractivity contribution in [1.82, 2.24) is 20.2 Å². The number of imidazole rings is 1. The molecule has 42 heavy (non-hydrogen) atoms. The van der Waals surface area contributed by atoms with Gasteiger partial charge in [0, 0.05) is 39.6 Å². The van der Waals surface area contributed by atoms with Crippen molar-refractivity contribution >= 4 is 59.1 Å². The lowest BCUT2D eigenvalue weighted by atomic mass is 9.99. The van der Waals surface area contributed by atoms with E-state index in [2.05, 4.69) is 15.6 Å². The molecule has 1 atom stereocenters. The van der Waals surface area contributed by atoms with Crippen LogP contribution in [0.5, 0.6) is 0 Å². The molecule has 2 N–H and O–H groups in total. The zero-order valence-electron chi connectivity index (χ0n) is 22.2. The Hall–Kier alpha value is -3.81. The van der Waals surface area contributed by atoms with Crippen LogP contribution in [0.1, 0.15) is 39.1 Å². The number of amides is 1. The van der Waals surface area contributed by atoms with E-state index in [1.165, 1.54) is 0 Å². The van der Waals surface area contributed by atoms with Crippen molar-refractivity contribution in [2.45, 2.75) is 18.6 Å². The summed E-state index contributed by atoms with van der Waals surface area (Å²) in [6.07, 6.45) is 5.29. The standard InChI is InChI=1S/C32H26Cl3N5O.ClH/c33-25-13-11-24(12-14-25)31(41)39-32(38-30(22-7-3-1-4-8-22)23-9-5-2-6-10-23)37-29(20-40-18-17-36-21-40)27-16-15-26(34)19-28(27)35;/h1-19,21,29-30H,20H2,(H2,37,38,39,41);1H. The van der Waals surface area contributed by atoms with Crippen LogP contribution in [-0.2, 0) is 6.54 Å². The van der Waals surface area contributed by atoms with Gasteiger partial charge in [0.2, 0.25) is 0 Å². The largest absolute Gasteiger partial charge is 0.347 e. The van der Waals surface area contributed by atoms with Gasteiger partial charge in [0.1, 0.15) is 6.04 Å². The molecule has 0 bridgehead atoms. The van der Waals surface area contributed by atoms with Gasteiger partial charge in [-0.2, -0.15) is 0 Å². The van der Waals surface area contributed by atoms with E-state index in [0.717, 1.165) is 16.7 Å². The van der Waals surface area contributed by atoms with Gasteiger partial charge in [-0.25, -0.2) is 9.98 Å². The highest BCUT2D eigenvalue weighted by Gasteiger charge is 2.22. The summed E-state index contributed by atoms with van der Waals surface area (Å²) in [4.78, 5) is 22.7. The molecule has 0 aliphatic carbocycles. The van der Waals surface area contributed by atoms with Crippen molar-refractivity contribution in [3.05, 3.63) is 159 Å². The van der Waals surface area contributed by atoms with Crippen LogP contribution in [0.3, 0.4) is 0 Å². The summed E-state index contributed by atoms with van der Waals surface area (Å²) in [7, 11) is 0. The summed E-state index contributed by atoms with van der Waals surface area (Å²) in [6.45, 7) is 0.457. The molecule has 5 rings (SSSR count). The molecular weight excluding hydrogens is 612 g/mol. The molecule has 6 nitrogen and oxygen atoms in total. The third-order valence-corrected chi connectivity index (χ3v) is 7.24. The minimum atomic E-state index is -0.403. The molecule has 1 unspecified atom stereocenters. The Morgan fingerprint density at radius 1 is 0.833 bits per heavy atom. The number of aliphatic imine (C=N–C) groups is 1. The maximum absolute atomic E-state index is 13.4. The number of hydrogen-bond donors (Lipinski definition) is 2. The molecule has 214 valence electrons. The average molecular weight is 639 g/mol. The lowest BCUT2D eigenvalue weighted by molar-refractivity contribution is 0.0975. The molecule has 0 saturated heterocycles. The fraction of sp³-hybridized carbons (Fsp3) is 0.0938. The van der Waals surface area contributed by atoms with E-state index in [1.54, 1.807) is 48.9 Å². The molecule has 0 radical (unpaired) electrons. The molecule has 4 aromatic carbocycles. The van der Waals surface area contributed by atoms with Crippen LogP contribution in [0.2, 0.25) is 15.1 Å². The van der Waals surface area contributed by atoms with Gasteiger partial charge in [-0.3, -0.25) is 10.1 Å². The van der Waals surface area contributed by atoms with Gasteiger partial charge in [-0.15, -0.1) is 12.4 Å². The third kappa shape index (κ3) is 8.14. The second-order valence-electron chi connectivity index (χ2n) is 9.28. The van der Waals surface area contributed by atoms with Gasteiger partial charge in [0.25, 0.3) is 5.91 Å². The smallest absolute Gasteiger partial charge is 0.257 e. The Labute approximate surface area is 265 Å². The molecular formula is C32H27Cl4N5O. The summed E-state index contributed by atoms with van der Waals surface area (Å²) in [5.74, 6) is -0.0600. The topological polar surface area (TPSA) is 71.3 Å². The quantitative estimate of drug-likeness (QED) is 0.133. The van der Waals surface area contributed by atoms with Crippen molar-refractivity contribution < 1.29 is 4.79 Å². The Morgan fingerprint density at radius 3 is 2.02 bits per heavy atom. The fourth-order valence-corrected chi connectivity index (χ4v) is 5.07. The van der Waals surface area contributed by atoms with Crippen LogP contribution in [0, 0.1) is 0 Å². The number of benzene rings is 4. The number of nitrogens with zero attached hydrogens (tertiary/aromatic N) is 3. The summed E-state index contributed by atoms with van der Waals surface area (Å²) >= 11 is 18.9. The molecule has 1 amide bonds. The number of halogens is 4. The first-order valence-electron chi connectivity index (χ1n) is 12.9. The van der Waals surface area contributed by atoms with E-state index < -0.39 is 12.1 Å². The first-order chi connectivity index (χ1) is 20.0. The maximum Gasteiger partial charge on any atom is 0.257 e. The van der Waals surface area contributed by atoms with Crippen molar-refractivity contribution in [3.8, 4) is 0 Å². The number of carbonyl (C=O) groups excluding carboxylic acids is 1. The third-order valence-electron chi connectivity index (χ3n) is 6.43. The number of carbonyl (C=O) groups is 1. The van der Waals surface area contributed by atoms with Crippen LogP contribution in [0.25, 0.3) is 0 Å². The molecule has 10 heteroatoms. The lowest BCUT2D eigenvalue weighted by Crippen LogP contribution is -2.44. The highest BCUT2D eigenvalue weighted by Crippen LogP contribution is 2.29. The highest BCUT2D eigenvalue weighted by atomic mass is 35.5. The summed E-state index contributed by atoms with van der Waals surface area (Å²) in [5, 5.41) is 8.02. The van der Waals surface area contributed by atoms with Gasteiger partial charge in [-0.05, 0) is 53.1 Å². The first kappa shape index (κ1) is 31.1. The highest BCUT2D eigenvalue weighted by molar-refractivity contribution is 6.35. The Bertz CT molecular complexity index is 1570. The molecule has 0 spiro atoms. The number of guanidine groups is 1. The second kappa shape index (κ2) is 14.9. The van der Waals surface area contributed by atoms with Gasteiger partial charge in [0.05, 0.1) is 12.4 Å². The minimum Gasteiger partial charge on any atom is -0.347 e. The van der Waals surface area contributed by atoms with Crippen LogP contribution in [0.4, 0.5) is 0 Å². The molecule has 0 fully saturated rings. The van der Waals surface area contributed by atoms with Crippen molar-refractivity contribution in [2.24, 2.45) is 4.99 Å². The van der Waals surface area contributed by atoms with Crippen LogP contribution < -0.4 is 10.6 Å². The second-order valence-corrected chi connectivity index (χ2v) is 10.6. The van der Waals surface area contributed by atoms with E-state index in [1.807, 2.05) is 77.5 Å². The van der Waals surface area contributed by atoms with Gasteiger partial charge in [0.15, 0.2) is 5.96 Å². The minimum absolute atomic E-state index is 0. The molecule has 1 aromatic heterocycles. The predicted molar refractivity (Wildman–Crippen MR) is 173 cm³/mol. The molecule has 0 aliphatic heterocycles. The monoisotopic (exact) mass is 637 g/mol. The molecule has 5 aromatic rings. The van der Waals surface area contributed by atoms with E-state index >= 15 is 0 Å². The SMILES string of the molecule is Cl.O=C(NC(=NC(c1ccccc1)c1ccccc1)NC(Cn1ccnc1)c1ccc(Cl)cc1Cl)c1ccc(Cl)cc1. The van der Waals surface area contributed by atoms with Crippen LogP contribution >= 0.6 is 47.2 Å². The number of nitrogens with one attached hydrogen (secondary N) is 2. The van der Waals surface area contributed by atoms with E-state index in [0.29, 0.717) is 27.2 Å². The number of rotatable bonds is 8. The summed E-state index contributed by atoms with van der Waals surface area (Å²) in [5.41, 5.74) is 3.16. The van der Waals surface area contributed by atoms with Gasteiger partial charge < -0.3 is 9.88 Å². The van der Waals surface area contributed by atoms with E-state index in [4.69, 9.17) is 39.8 Å². The summed E-state index contributed by atoms with van der Waals surface area (Å²) < 4.78 is 1.92. The van der Waals surface area contributed by atoms with Crippen LogP contribution in [-0.4, -0.2) is 21.4 Å². The van der Waals surface area contributed by atoms with Gasteiger partial charge in [-0.1, -0.05) is 102 Å². The molecule has 0 aliphatic rings. The lowest BCUT2D eigenvalue weighted by Gasteiger charge is -2.25. The zero-order valence-corrected chi connectivity index (χ0v) is 25.3. The Balaban J connectivity index is 0.00000405. The Morgan fingerprint density at radius 2 is 1.45 bits per heavy atom. The Kier molecular flexibility index (Phi) is 11.0. The van der Waals surface area contributed by atoms with E-state index in [-0.39, 0.29) is 24.3 Å². The zero-order chi connectivity index (χ0) is 28.6. The van der Waals surface area contributed by atoms with E-state index in [9.17, 15) is 4.79 Å². The number of hydrogen-bond acceptors (Lipinski definition) is 3. The average Bonchev–Trinajstić information content (AvgIpc) is 3.50. The molecule has 0 saturated carbocycles. The fourth-order valence-electron chi connectivity index (χ4n) is 4.40. The normalized spacial score (nSPS) is 12.0. The predicted octanol–water partition coefficient (Wildman–Crippen LogP) is 8.17. The van der Waals surface area contributed by atoms with Crippen molar-refractivity contribution in [3.63, 3.8) is 0 Å². The van der Waals surface area contributed by atoms with Crippen molar-refractivity contribution in [2.75, 3.05) is 0 Å². The number of aromatic nitrogens is 2. The summed E-state index contributed by atoms with van der Waals surface area (Å²) in [6, 6.07) is 31.1. The van der Waals surface area contributed by atoms with Gasteiger partial charge >= 0.3 is 0 Å². The maximum atomic E-state index is 13.4.